The van der Waals surface area contributed by atoms with Crippen molar-refractivity contribution in [3.8, 4) is 0 Å². The molecule has 1 fully saturated rings. The van der Waals surface area contributed by atoms with Gasteiger partial charge in [0.15, 0.2) is 0 Å². The number of hydrogen-bond acceptors (Lipinski definition) is 4. The zero-order chi connectivity index (χ0) is 9.64. The second-order valence-corrected chi connectivity index (χ2v) is 3.69. The topological polar surface area (TPSA) is 65.6 Å². The van der Waals surface area contributed by atoms with E-state index in [1.807, 2.05) is 0 Å². The molecule has 5 nitrogen and oxygen atoms in total. The van der Waals surface area contributed by atoms with Gasteiger partial charge in [-0.15, -0.1) is 0 Å². The summed E-state index contributed by atoms with van der Waals surface area (Å²) in [5.74, 6) is 0.919. The van der Waals surface area contributed by atoms with Crippen LogP contribution in [0.25, 0.3) is 0 Å². The Labute approximate surface area is 83.7 Å². The van der Waals surface area contributed by atoms with Crippen LogP contribution in [0.15, 0.2) is 6.33 Å². The standard InChI is InChI=1S/C9H17N5/c1-2-8(3-5-10-4-1)11-6-9-12-7-13-14-9/h7-8,10-11H,1-6H2,(H,12,13,14). The second-order valence-electron chi connectivity index (χ2n) is 3.69. The number of aromatic amines is 1. The minimum Gasteiger partial charge on any atom is -0.317 e. The number of nitrogens with zero attached hydrogens (tertiary/aromatic N) is 2. The van der Waals surface area contributed by atoms with Crippen LogP contribution in [0.4, 0.5) is 0 Å². The molecule has 1 aliphatic rings. The summed E-state index contributed by atoms with van der Waals surface area (Å²) in [7, 11) is 0. The highest BCUT2D eigenvalue weighted by molar-refractivity contribution is 4.81. The Morgan fingerprint density at radius 2 is 2.43 bits per heavy atom. The monoisotopic (exact) mass is 195 g/mol. The van der Waals surface area contributed by atoms with Gasteiger partial charge in [0.25, 0.3) is 0 Å². The average molecular weight is 195 g/mol. The van der Waals surface area contributed by atoms with Crippen molar-refractivity contribution in [2.75, 3.05) is 13.1 Å². The van der Waals surface area contributed by atoms with Crippen molar-refractivity contribution in [3.05, 3.63) is 12.2 Å². The second kappa shape index (κ2) is 5.07. The number of hydrogen-bond donors (Lipinski definition) is 3. The SMILES string of the molecule is c1n[nH]c(CNC2CCCNCC2)n1. The van der Waals surface area contributed by atoms with Gasteiger partial charge in [-0.05, 0) is 32.4 Å². The molecule has 2 heterocycles. The molecule has 0 amide bonds. The zero-order valence-corrected chi connectivity index (χ0v) is 8.29. The van der Waals surface area contributed by atoms with E-state index in [0.29, 0.717) is 6.04 Å². The summed E-state index contributed by atoms with van der Waals surface area (Å²) >= 11 is 0. The molecule has 1 atom stereocenters. The van der Waals surface area contributed by atoms with Crippen LogP contribution in [0.1, 0.15) is 25.1 Å². The molecule has 1 unspecified atom stereocenters. The summed E-state index contributed by atoms with van der Waals surface area (Å²) in [6, 6.07) is 0.620. The van der Waals surface area contributed by atoms with Gasteiger partial charge in [0.2, 0.25) is 0 Å². The third-order valence-electron chi connectivity index (χ3n) is 2.60. The van der Waals surface area contributed by atoms with Crippen LogP contribution in [0.3, 0.4) is 0 Å². The molecule has 0 bridgehead atoms. The lowest BCUT2D eigenvalue weighted by atomic mass is 10.1. The van der Waals surface area contributed by atoms with E-state index in [0.717, 1.165) is 25.5 Å². The molecule has 1 aromatic rings. The Hall–Kier alpha value is -0.940. The van der Waals surface area contributed by atoms with Crippen molar-refractivity contribution in [2.45, 2.75) is 31.8 Å². The highest BCUT2D eigenvalue weighted by Crippen LogP contribution is 2.05. The van der Waals surface area contributed by atoms with E-state index in [2.05, 4.69) is 25.8 Å². The summed E-state index contributed by atoms with van der Waals surface area (Å²) in [6.07, 6.45) is 5.26. The van der Waals surface area contributed by atoms with Crippen molar-refractivity contribution in [2.24, 2.45) is 0 Å². The van der Waals surface area contributed by atoms with E-state index in [1.165, 1.54) is 19.3 Å². The quantitative estimate of drug-likeness (QED) is 0.637. The van der Waals surface area contributed by atoms with Crippen LogP contribution in [-0.4, -0.2) is 34.3 Å². The Balaban J connectivity index is 1.73. The summed E-state index contributed by atoms with van der Waals surface area (Å²) in [6.45, 7) is 3.07. The van der Waals surface area contributed by atoms with Crippen LogP contribution >= 0.6 is 0 Å². The van der Waals surface area contributed by atoms with Crippen LogP contribution in [0.5, 0.6) is 0 Å². The summed E-state index contributed by atoms with van der Waals surface area (Å²) in [4.78, 5) is 4.08. The Bertz CT molecular complexity index is 238. The van der Waals surface area contributed by atoms with Crippen LogP contribution < -0.4 is 10.6 Å². The molecule has 0 spiro atoms. The molecule has 14 heavy (non-hydrogen) atoms. The molecule has 3 N–H and O–H groups in total. The fourth-order valence-corrected chi connectivity index (χ4v) is 1.78. The first-order valence-electron chi connectivity index (χ1n) is 5.23. The summed E-state index contributed by atoms with van der Waals surface area (Å²) < 4.78 is 0. The molecule has 78 valence electrons. The highest BCUT2D eigenvalue weighted by Gasteiger charge is 2.11. The molecule has 5 heteroatoms. The van der Waals surface area contributed by atoms with Gasteiger partial charge in [-0.2, -0.15) is 5.10 Å². The fraction of sp³-hybridized carbons (Fsp3) is 0.778. The minimum atomic E-state index is 0.620. The third-order valence-corrected chi connectivity index (χ3v) is 2.60. The van der Waals surface area contributed by atoms with Gasteiger partial charge in [-0.1, -0.05) is 0 Å². The molecule has 0 aliphatic carbocycles. The molecule has 0 saturated carbocycles. The average Bonchev–Trinajstić information content (AvgIpc) is 2.58. The van der Waals surface area contributed by atoms with E-state index < -0.39 is 0 Å². The number of aromatic nitrogens is 3. The Morgan fingerprint density at radius 3 is 3.29 bits per heavy atom. The van der Waals surface area contributed by atoms with E-state index in [-0.39, 0.29) is 0 Å². The lowest BCUT2D eigenvalue weighted by molar-refractivity contribution is 0.462. The van der Waals surface area contributed by atoms with Gasteiger partial charge in [0.05, 0.1) is 6.54 Å². The number of nitrogens with one attached hydrogen (secondary N) is 3. The van der Waals surface area contributed by atoms with Gasteiger partial charge >= 0.3 is 0 Å². The lowest BCUT2D eigenvalue weighted by Gasteiger charge is -2.14. The van der Waals surface area contributed by atoms with E-state index in [4.69, 9.17) is 0 Å². The van der Waals surface area contributed by atoms with Crippen LogP contribution in [-0.2, 0) is 6.54 Å². The summed E-state index contributed by atoms with van der Waals surface area (Å²) in [5.41, 5.74) is 0. The predicted octanol–water partition coefficient (Wildman–Crippen LogP) is 0.0364. The number of rotatable bonds is 3. The molecule has 0 radical (unpaired) electrons. The first-order chi connectivity index (χ1) is 6.95. The van der Waals surface area contributed by atoms with Gasteiger partial charge in [-0.3, -0.25) is 5.10 Å². The van der Waals surface area contributed by atoms with Crippen molar-refractivity contribution < 1.29 is 0 Å². The molecule has 1 aromatic heterocycles. The van der Waals surface area contributed by atoms with Crippen LogP contribution in [0.2, 0.25) is 0 Å². The molecule has 1 aliphatic heterocycles. The fourth-order valence-electron chi connectivity index (χ4n) is 1.78. The largest absolute Gasteiger partial charge is 0.317 e. The molecule has 0 aromatic carbocycles. The van der Waals surface area contributed by atoms with E-state index >= 15 is 0 Å². The molecule has 2 rings (SSSR count). The van der Waals surface area contributed by atoms with Crippen molar-refractivity contribution in [1.82, 2.24) is 25.8 Å². The van der Waals surface area contributed by atoms with E-state index in [1.54, 1.807) is 6.33 Å². The van der Waals surface area contributed by atoms with Gasteiger partial charge < -0.3 is 10.6 Å². The smallest absolute Gasteiger partial charge is 0.138 e. The minimum absolute atomic E-state index is 0.620. The van der Waals surface area contributed by atoms with Crippen LogP contribution in [0, 0.1) is 0 Å². The Kier molecular flexibility index (Phi) is 3.48. The number of H-pyrrole nitrogens is 1. The molecule has 1 saturated heterocycles. The van der Waals surface area contributed by atoms with Crippen molar-refractivity contribution in [3.63, 3.8) is 0 Å². The maximum absolute atomic E-state index is 4.08. The molecular weight excluding hydrogens is 178 g/mol. The van der Waals surface area contributed by atoms with E-state index in [9.17, 15) is 0 Å². The third kappa shape index (κ3) is 2.78. The van der Waals surface area contributed by atoms with Gasteiger partial charge in [-0.25, -0.2) is 4.98 Å². The van der Waals surface area contributed by atoms with Gasteiger partial charge in [0, 0.05) is 6.04 Å². The normalized spacial score (nSPS) is 23.3. The maximum Gasteiger partial charge on any atom is 0.138 e. The van der Waals surface area contributed by atoms with Gasteiger partial charge in [0.1, 0.15) is 12.2 Å². The summed E-state index contributed by atoms with van der Waals surface area (Å²) in [5, 5.41) is 13.6. The lowest BCUT2D eigenvalue weighted by Crippen LogP contribution is -2.29. The first-order valence-corrected chi connectivity index (χ1v) is 5.23. The first kappa shape index (κ1) is 9.61. The molecular formula is C9H17N5. The maximum atomic E-state index is 4.08. The Morgan fingerprint density at radius 1 is 1.43 bits per heavy atom. The van der Waals surface area contributed by atoms with Crippen molar-refractivity contribution in [1.29, 1.82) is 0 Å². The zero-order valence-electron chi connectivity index (χ0n) is 8.29. The predicted molar refractivity (Wildman–Crippen MR) is 53.7 cm³/mol. The highest BCUT2D eigenvalue weighted by atomic mass is 15.2. The van der Waals surface area contributed by atoms with Crippen molar-refractivity contribution >= 4 is 0 Å².